The Labute approximate surface area is 164 Å². The van der Waals surface area contributed by atoms with Crippen LogP contribution in [0.25, 0.3) is 0 Å². The molecule has 2 aliphatic rings. The van der Waals surface area contributed by atoms with Crippen molar-refractivity contribution in [1.29, 1.82) is 0 Å². The van der Waals surface area contributed by atoms with Crippen molar-refractivity contribution in [2.75, 3.05) is 26.2 Å². The third-order valence-corrected chi connectivity index (χ3v) is 5.36. The van der Waals surface area contributed by atoms with Gasteiger partial charge in [-0.2, -0.15) is 13.2 Å². The molecule has 0 amide bonds. The number of hydrogen-bond donors (Lipinski definition) is 1. The molecule has 1 aliphatic carbocycles. The van der Waals surface area contributed by atoms with Gasteiger partial charge in [-0.05, 0) is 36.5 Å². The lowest BCUT2D eigenvalue weighted by atomic mass is 9.89. The van der Waals surface area contributed by atoms with E-state index in [1.54, 1.807) is 6.07 Å². The van der Waals surface area contributed by atoms with E-state index in [1.165, 1.54) is 25.0 Å². The second-order valence-electron chi connectivity index (χ2n) is 6.51. The predicted molar refractivity (Wildman–Crippen MR) is 100 cm³/mol. The van der Waals surface area contributed by atoms with E-state index in [0.29, 0.717) is 5.92 Å². The van der Waals surface area contributed by atoms with Crippen LogP contribution in [0.5, 0.6) is 0 Å². The minimum absolute atomic E-state index is 0. The lowest BCUT2D eigenvalue weighted by molar-refractivity contribution is -0.137. The molecule has 1 aliphatic heterocycles. The first kappa shape index (κ1) is 22.8. The van der Waals surface area contributed by atoms with Gasteiger partial charge in [-0.1, -0.05) is 30.5 Å². The molecule has 1 saturated heterocycles. The summed E-state index contributed by atoms with van der Waals surface area (Å²) in [6.07, 6.45) is 0.133. The summed E-state index contributed by atoms with van der Waals surface area (Å²) in [5.74, 6) is 0.440. The summed E-state index contributed by atoms with van der Waals surface area (Å²) in [5, 5.41) is 3.10. The third kappa shape index (κ3) is 5.39. The van der Waals surface area contributed by atoms with Crippen molar-refractivity contribution in [1.82, 2.24) is 10.2 Å². The first-order chi connectivity index (χ1) is 11.0. The number of rotatable bonds is 3. The number of piperazine rings is 1. The van der Waals surface area contributed by atoms with Gasteiger partial charge in [0, 0.05) is 32.2 Å². The molecular formula is C17H24Cl3F3N2. The maximum absolute atomic E-state index is 13.2. The van der Waals surface area contributed by atoms with Crippen LogP contribution >= 0.6 is 36.4 Å². The Morgan fingerprint density at radius 2 is 1.68 bits per heavy atom. The van der Waals surface area contributed by atoms with Crippen LogP contribution in [-0.4, -0.2) is 31.1 Å². The van der Waals surface area contributed by atoms with E-state index >= 15 is 0 Å². The van der Waals surface area contributed by atoms with Crippen LogP contribution in [0.15, 0.2) is 18.2 Å². The van der Waals surface area contributed by atoms with Gasteiger partial charge in [0.1, 0.15) is 0 Å². The smallest absolute Gasteiger partial charge is 0.314 e. The zero-order chi connectivity index (χ0) is 16.4. The average Bonchev–Trinajstić information content (AvgIpc) is 3.03. The van der Waals surface area contributed by atoms with E-state index in [-0.39, 0.29) is 35.9 Å². The Balaban J connectivity index is 0.00000156. The molecule has 1 aromatic rings. The van der Waals surface area contributed by atoms with E-state index in [2.05, 4.69) is 10.2 Å². The van der Waals surface area contributed by atoms with Gasteiger partial charge in [-0.25, -0.2) is 0 Å². The minimum Gasteiger partial charge on any atom is -0.314 e. The van der Waals surface area contributed by atoms with Crippen molar-refractivity contribution in [2.24, 2.45) is 5.92 Å². The number of halogens is 6. The lowest BCUT2D eigenvalue weighted by Crippen LogP contribution is -2.46. The maximum atomic E-state index is 13.2. The zero-order valence-electron chi connectivity index (χ0n) is 13.8. The van der Waals surface area contributed by atoms with Gasteiger partial charge in [0.15, 0.2) is 0 Å². The van der Waals surface area contributed by atoms with Gasteiger partial charge < -0.3 is 5.32 Å². The van der Waals surface area contributed by atoms with E-state index in [0.717, 1.165) is 44.6 Å². The summed E-state index contributed by atoms with van der Waals surface area (Å²) in [4.78, 5) is 2.34. The van der Waals surface area contributed by atoms with Crippen LogP contribution in [0.2, 0.25) is 5.02 Å². The topological polar surface area (TPSA) is 15.3 Å². The number of alkyl halides is 3. The second kappa shape index (κ2) is 9.65. The van der Waals surface area contributed by atoms with Crippen molar-refractivity contribution in [2.45, 2.75) is 37.9 Å². The Morgan fingerprint density at radius 3 is 2.24 bits per heavy atom. The summed E-state index contributed by atoms with van der Waals surface area (Å²) < 4.78 is 39.6. The molecule has 0 bridgehead atoms. The number of nitrogens with one attached hydrogen (secondary N) is 1. The van der Waals surface area contributed by atoms with Crippen LogP contribution in [0.3, 0.4) is 0 Å². The van der Waals surface area contributed by atoms with Gasteiger partial charge in [-0.3, -0.25) is 4.90 Å². The molecule has 144 valence electrons. The SMILES string of the molecule is Cl.Cl.FC(F)(F)c1cc([C@@H](C2CCCC2)N2CCNCC2)ccc1Cl. The van der Waals surface area contributed by atoms with Gasteiger partial charge in [-0.15, -0.1) is 24.8 Å². The van der Waals surface area contributed by atoms with Crippen LogP contribution in [-0.2, 0) is 6.18 Å². The van der Waals surface area contributed by atoms with Crippen LogP contribution in [0.1, 0.15) is 42.9 Å². The molecule has 1 saturated carbocycles. The summed E-state index contributed by atoms with van der Waals surface area (Å²) in [6.45, 7) is 3.54. The van der Waals surface area contributed by atoms with Crippen molar-refractivity contribution in [3.63, 3.8) is 0 Å². The summed E-state index contributed by atoms with van der Waals surface area (Å²) in [5.41, 5.74) is 0.0466. The molecule has 0 radical (unpaired) electrons. The van der Waals surface area contributed by atoms with E-state index in [9.17, 15) is 13.2 Å². The van der Waals surface area contributed by atoms with Gasteiger partial charge in [0.05, 0.1) is 10.6 Å². The van der Waals surface area contributed by atoms with E-state index in [1.807, 2.05) is 0 Å². The second-order valence-corrected chi connectivity index (χ2v) is 6.92. The molecule has 8 heteroatoms. The number of nitrogens with zero attached hydrogens (tertiary/aromatic N) is 1. The van der Waals surface area contributed by atoms with Gasteiger partial charge >= 0.3 is 6.18 Å². The molecule has 2 fully saturated rings. The molecular weight excluding hydrogens is 396 g/mol. The Hall–Kier alpha value is -0.200. The van der Waals surface area contributed by atoms with Crippen molar-refractivity contribution in [3.8, 4) is 0 Å². The van der Waals surface area contributed by atoms with Crippen molar-refractivity contribution >= 4 is 36.4 Å². The van der Waals surface area contributed by atoms with Crippen molar-refractivity contribution in [3.05, 3.63) is 34.3 Å². The summed E-state index contributed by atoms with van der Waals surface area (Å²) >= 11 is 5.79. The first-order valence-electron chi connectivity index (χ1n) is 8.28. The minimum atomic E-state index is -4.41. The Kier molecular flexibility index (Phi) is 8.82. The summed E-state index contributed by atoms with van der Waals surface area (Å²) in [6, 6.07) is 4.53. The average molecular weight is 420 g/mol. The molecule has 1 atom stereocenters. The molecule has 1 heterocycles. The quantitative estimate of drug-likeness (QED) is 0.711. The van der Waals surface area contributed by atoms with Crippen LogP contribution in [0.4, 0.5) is 13.2 Å². The fourth-order valence-corrected chi connectivity index (χ4v) is 4.18. The lowest BCUT2D eigenvalue weighted by Gasteiger charge is -2.39. The molecule has 2 nitrogen and oxygen atoms in total. The van der Waals surface area contributed by atoms with Crippen molar-refractivity contribution < 1.29 is 13.2 Å². The molecule has 1 aromatic carbocycles. The highest BCUT2D eigenvalue weighted by Gasteiger charge is 2.36. The molecule has 0 unspecified atom stereocenters. The molecule has 25 heavy (non-hydrogen) atoms. The highest BCUT2D eigenvalue weighted by Crippen LogP contribution is 2.42. The number of hydrogen-bond acceptors (Lipinski definition) is 2. The first-order valence-corrected chi connectivity index (χ1v) is 8.66. The molecule has 3 rings (SSSR count). The Bertz CT molecular complexity index is 542. The van der Waals surface area contributed by atoms with Crippen LogP contribution in [0, 0.1) is 5.92 Å². The normalized spacial score (nSPS) is 20.6. The van der Waals surface area contributed by atoms with Crippen LogP contribution < -0.4 is 5.32 Å². The highest BCUT2D eigenvalue weighted by molar-refractivity contribution is 6.31. The fraction of sp³-hybridized carbons (Fsp3) is 0.647. The van der Waals surface area contributed by atoms with Gasteiger partial charge in [0.2, 0.25) is 0 Å². The Morgan fingerprint density at radius 1 is 1.08 bits per heavy atom. The number of benzene rings is 1. The largest absolute Gasteiger partial charge is 0.417 e. The summed E-state index contributed by atoms with van der Waals surface area (Å²) in [7, 11) is 0. The zero-order valence-corrected chi connectivity index (χ0v) is 16.2. The van der Waals surface area contributed by atoms with E-state index in [4.69, 9.17) is 11.6 Å². The highest BCUT2D eigenvalue weighted by atomic mass is 35.5. The third-order valence-electron chi connectivity index (χ3n) is 5.03. The standard InChI is InChI=1S/C17H22ClF3N2.2ClH/c18-15-6-5-13(11-14(15)17(19,20)21)16(12-3-1-2-4-12)23-9-7-22-8-10-23;;/h5-6,11-12,16,22H,1-4,7-10H2;2*1H/t16-;;/m1../s1. The monoisotopic (exact) mass is 418 g/mol. The fourth-order valence-electron chi connectivity index (χ4n) is 3.96. The molecule has 1 N–H and O–H groups in total. The molecule has 0 spiro atoms. The predicted octanol–water partition coefficient (Wildman–Crippen LogP) is 5.34. The van der Waals surface area contributed by atoms with Gasteiger partial charge in [0.25, 0.3) is 0 Å². The maximum Gasteiger partial charge on any atom is 0.417 e. The molecule has 0 aromatic heterocycles. The van der Waals surface area contributed by atoms with E-state index < -0.39 is 11.7 Å².